The predicted molar refractivity (Wildman–Crippen MR) is 75.0 cm³/mol. The summed E-state index contributed by atoms with van der Waals surface area (Å²) in [5, 5.41) is 20.3. The van der Waals surface area contributed by atoms with Crippen LogP contribution in [0.25, 0.3) is 0 Å². The van der Waals surface area contributed by atoms with E-state index in [0.29, 0.717) is 12.1 Å². The van der Waals surface area contributed by atoms with Crippen molar-refractivity contribution >= 4 is 11.9 Å². The molecule has 0 spiro atoms. The molecule has 0 saturated heterocycles. The maximum Gasteiger partial charge on any atom is 0.270 e. The number of nitro benzene ring substituents is 1. The Kier molecular flexibility index (Phi) is 4.05. The molecule has 0 fully saturated rings. The summed E-state index contributed by atoms with van der Waals surface area (Å²) in [6, 6.07) is 9.43. The van der Waals surface area contributed by atoms with Gasteiger partial charge in [0, 0.05) is 29.6 Å². The van der Waals surface area contributed by atoms with E-state index < -0.39 is 4.92 Å². The lowest BCUT2D eigenvalue weighted by molar-refractivity contribution is -0.384. The van der Waals surface area contributed by atoms with E-state index in [2.05, 4.69) is 9.98 Å². The first-order valence-corrected chi connectivity index (χ1v) is 5.96. The average molecular weight is 271 g/mol. The summed E-state index contributed by atoms with van der Waals surface area (Å²) >= 11 is 0. The molecular formula is C14H13N3O3. The molecule has 0 saturated carbocycles. The minimum absolute atomic E-state index is 0.0449. The minimum atomic E-state index is -0.515. The van der Waals surface area contributed by atoms with Crippen molar-refractivity contribution in [3.05, 3.63) is 63.5 Å². The molecule has 0 unspecified atom stereocenters. The Bertz CT molecular complexity index is 668. The normalized spacial score (nSPS) is 10.8. The number of nitro groups is 1. The van der Waals surface area contributed by atoms with Crippen LogP contribution < -0.4 is 0 Å². The van der Waals surface area contributed by atoms with Crippen molar-refractivity contribution in [1.82, 2.24) is 4.98 Å². The first-order chi connectivity index (χ1) is 9.56. The third-order valence-electron chi connectivity index (χ3n) is 2.65. The molecule has 0 atom stereocenters. The lowest BCUT2D eigenvalue weighted by atomic mass is 10.2. The summed E-state index contributed by atoms with van der Waals surface area (Å²) < 4.78 is 0. The van der Waals surface area contributed by atoms with E-state index in [4.69, 9.17) is 0 Å². The number of nitrogens with zero attached hydrogens (tertiary/aromatic N) is 3. The number of pyridine rings is 1. The standard InChI is InChI=1S/C14H13N3O3/c1-10-3-2-4-12(16-10)9-15-8-11-7-13(17(19)20)5-6-14(11)18/h2-8,18H,9H2,1H3. The number of phenols is 1. The van der Waals surface area contributed by atoms with Gasteiger partial charge in [0.1, 0.15) is 5.75 Å². The lowest BCUT2D eigenvalue weighted by Gasteiger charge is -1.99. The summed E-state index contributed by atoms with van der Waals surface area (Å²) in [5.41, 5.74) is 1.92. The van der Waals surface area contributed by atoms with Gasteiger partial charge in [0.05, 0.1) is 17.2 Å². The number of hydrogen-bond donors (Lipinski definition) is 1. The van der Waals surface area contributed by atoms with Gasteiger partial charge in [-0.1, -0.05) is 6.07 Å². The molecule has 1 aromatic carbocycles. The lowest BCUT2D eigenvalue weighted by Crippen LogP contribution is -1.92. The molecular weight excluding hydrogens is 258 g/mol. The molecule has 20 heavy (non-hydrogen) atoms. The van der Waals surface area contributed by atoms with Gasteiger partial charge in [0.2, 0.25) is 0 Å². The number of aromatic hydroxyl groups is 1. The summed E-state index contributed by atoms with van der Waals surface area (Å²) in [7, 11) is 0. The van der Waals surface area contributed by atoms with Crippen LogP contribution in [0.2, 0.25) is 0 Å². The molecule has 0 aliphatic heterocycles. The second-order valence-corrected chi connectivity index (χ2v) is 4.24. The number of aryl methyl sites for hydroxylation is 1. The molecule has 2 aromatic rings. The van der Waals surface area contributed by atoms with E-state index in [1.807, 2.05) is 25.1 Å². The minimum Gasteiger partial charge on any atom is -0.507 e. The van der Waals surface area contributed by atoms with Gasteiger partial charge in [-0.2, -0.15) is 0 Å². The highest BCUT2D eigenvalue weighted by atomic mass is 16.6. The highest BCUT2D eigenvalue weighted by Gasteiger charge is 2.08. The number of non-ortho nitro benzene ring substituents is 1. The number of rotatable bonds is 4. The van der Waals surface area contributed by atoms with Crippen LogP contribution in [0.4, 0.5) is 5.69 Å². The van der Waals surface area contributed by atoms with Crippen LogP contribution >= 0.6 is 0 Å². The van der Waals surface area contributed by atoms with E-state index in [1.54, 1.807) is 0 Å². The molecule has 0 bridgehead atoms. The monoisotopic (exact) mass is 271 g/mol. The molecule has 0 amide bonds. The molecule has 1 N–H and O–H groups in total. The Labute approximate surface area is 115 Å². The topological polar surface area (TPSA) is 88.6 Å². The van der Waals surface area contributed by atoms with Gasteiger partial charge in [-0.15, -0.1) is 0 Å². The average Bonchev–Trinajstić information content (AvgIpc) is 2.40. The third kappa shape index (κ3) is 3.38. The van der Waals surface area contributed by atoms with Crippen molar-refractivity contribution in [1.29, 1.82) is 0 Å². The molecule has 0 radical (unpaired) electrons. The van der Waals surface area contributed by atoms with Crippen molar-refractivity contribution in [2.45, 2.75) is 13.5 Å². The quantitative estimate of drug-likeness (QED) is 0.526. The number of benzene rings is 1. The van der Waals surface area contributed by atoms with Crippen molar-refractivity contribution < 1.29 is 10.0 Å². The summed E-state index contributed by atoms with van der Waals surface area (Å²) in [6.45, 7) is 2.24. The van der Waals surface area contributed by atoms with Crippen LogP contribution in [0.1, 0.15) is 17.0 Å². The largest absolute Gasteiger partial charge is 0.507 e. The van der Waals surface area contributed by atoms with Gasteiger partial charge in [-0.3, -0.25) is 20.1 Å². The third-order valence-corrected chi connectivity index (χ3v) is 2.65. The molecule has 6 nitrogen and oxygen atoms in total. The highest BCUT2D eigenvalue weighted by Crippen LogP contribution is 2.21. The molecule has 102 valence electrons. The molecule has 2 rings (SSSR count). The number of hydrogen-bond acceptors (Lipinski definition) is 5. The second-order valence-electron chi connectivity index (χ2n) is 4.24. The van der Waals surface area contributed by atoms with Gasteiger partial charge < -0.3 is 5.11 Å². The van der Waals surface area contributed by atoms with Gasteiger partial charge in [-0.05, 0) is 25.1 Å². The zero-order valence-electron chi connectivity index (χ0n) is 10.9. The van der Waals surface area contributed by atoms with E-state index in [0.717, 1.165) is 11.4 Å². The Morgan fingerprint density at radius 3 is 2.90 bits per heavy atom. The van der Waals surface area contributed by atoms with Crippen LogP contribution in [0.5, 0.6) is 5.75 Å². The fraction of sp³-hybridized carbons (Fsp3) is 0.143. The van der Waals surface area contributed by atoms with Crippen LogP contribution in [-0.4, -0.2) is 21.2 Å². The molecule has 0 aliphatic carbocycles. The van der Waals surface area contributed by atoms with E-state index in [1.165, 1.54) is 24.4 Å². The van der Waals surface area contributed by atoms with Crippen LogP contribution in [0.15, 0.2) is 41.4 Å². The summed E-state index contributed by atoms with van der Waals surface area (Å²) in [5.74, 6) is -0.0449. The Morgan fingerprint density at radius 2 is 2.20 bits per heavy atom. The first kappa shape index (κ1) is 13.7. The predicted octanol–water partition coefficient (Wildman–Crippen LogP) is 2.62. The highest BCUT2D eigenvalue weighted by molar-refractivity contribution is 5.84. The summed E-state index contributed by atoms with van der Waals surface area (Å²) in [4.78, 5) is 18.6. The smallest absolute Gasteiger partial charge is 0.270 e. The van der Waals surface area contributed by atoms with Crippen LogP contribution in [0.3, 0.4) is 0 Å². The maximum absolute atomic E-state index is 10.7. The molecule has 1 aromatic heterocycles. The van der Waals surface area contributed by atoms with E-state index in [-0.39, 0.29) is 11.4 Å². The van der Waals surface area contributed by atoms with Crippen LogP contribution in [-0.2, 0) is 6.54 Å². The second kappa shape index (κ2) is 5.92. The van der Waals surface area contributed by atoms with E-state index >= 15 is 0 Å². The van der Waals surface area contributed by atoms with Gasteiger partial charge in [-0.25, -0.2) is 0 Å². The SMILES string of the molecule is Cc1cccc(CN=Cc2cc([N+](=O)[O-])ccc2O)n1. The van der Waals surface area contributed by atoms with Crippen molar-refractivity contribution in [3.8, 4) is 5.75 Å². The number of aliphatic imine (C=N–C) groups is 1. The zero-order chi connectivity index (χ0) is 14.5. The first-order valence-electron chi connectivity index (χ1n) is 5.96. The Morgan fingerprint density at radius 1 is 1.40 bits per heavy atom. The fourth-order valence-electron chi connectivity index (χ4n) is 1.68. The fourth-order valence-corrected chi connectivity index (χ4v) is 1.68. The van der Waals surface area contributed by atoms with Crippen molar-refractivity contribution in [3.63, 3.8) is 0 Å². The maximum atomic E-state index is 10.7. The summed E-state index contributed by atoms with van der Waals surface area (Å²) in [6.07, 6.45) is 1.41. The van der Waals surface area contributed by atoms with Gasteiger partial charge >= 0.3 is 0 Å². The van der Waals surface area contributed by atoms with Gasteiger partial charge in [0.25, 0.3) is 5.69 Å². The Balaban J connectivity index is 2.15. The molecule has 0 aliphatic rings. The Hall–Kier alpha value is -2.76. The number of aromatic nitrogens is 1. The van der Waals surface area contributed by atoms with Crippen LogP contribution in [0, 0.1) is 17.0 Å². The van der Waals surface area contributed by atoms with E-state index in [9.17, 15) is 15.2 Å². The van der Waals surface area contributed by atoms with Crippen molar-refractivity contribution in [2.75, 3.05) is 0 Å². The number of phenolic OH excluding ortho intramolecular Hbond substituents is 1. The van der Waals surface area contributed by atoms with Crippen molar-refractivity contribution in [2.24, 2.45) is 4.99 Å². The molecule has 6 heteroatoms. The zero-order valence-corrected chi connectivity index (χ0v) is 10.9. The molecule has 1 heterocycles. The van der Waals surface area contributed by atoms with Gasteiger partial charge in [0.15, 0.2) is 0 Å².